The van der Waals surface area contributed by atoms with E-state index in [9.17, 15) is 14.8 Å². The molecule has 0 saturated carbocycles. The molecule has 0 aliphatic rings. The van der Waals surface area contributed by atoms with Gasteiger partial charge < -0.3 is 24.2 Å². The van der Waals surface area contributed by atoms with E-state index < -0.39 is 11.9 Å². The van der Waals surface area contributed by atoms with Crippen LogP contribution in [0.2, 0.25) is 0 Å². The van der Waals surface area contributed by atoms with E-state index in [1.54, 1.807) is 12.1 Å². The second kappa shape index (κ2) is 10.7. The molecule has 33 heavy (non-hydrogen) atoms. The fraction of sp³-hybridized carbons (Fsp3) is 0.320. The molecule has 3 rings (SSSR count). The van der Waals surface area contributed by atoms with Crippen molar-refractivity contribution < 1.29 is 33.3 Å². The summed E-state index contributed by atoms with van der Waals surface area (Å²) in [7, 11) is 0. The Hall–Kier alpha value is -3.81. The first-order valence-electron chi connectivity index (χ1n) is 10.7. The summed E-state index contributed by atoms with van der Waals surface area (Å²) in [4.78, 5) is 23.1. The van der Waals surface area contributed by atoms with Gasteiger partial charge in [-0.1, -0.05) is 0 Å². The largest absolute Gasteiger partial charge is 0.619 e. The Morgan fingerprint density at radius 1 is 0.879 bits per heavy atom. The average Bonchev–Trinajstić information content (AvgIpc) is 2.77. The van der Waals surface area contributed by atoms with E-state index in [1.165, 1.54) is 26.2 Å². The lowest BCUT2D eigenvalue weighted by atomic mass is 9.90. The first-order valence-corrected chi connectivity index (χ1v) is 10.7. The van der Waals surface area contributed by atoms with Crippen LogP contribution in [0, 0.1) is 5.21 Å². The molecule has 1 heterocycles. The van der Waals surface area contributed by atoms with Crippen LogP contribution in [-0.4, -0.2) is 25.2 Å². The average molecular weight is 453 g/mol. The van der Waals surface area contributed by atoms with Crippen molar-refractivity contribution in [2.24, 2.45) is 0 Å². The topological polar surface area (TPSA) is 98.0 Å². The van der Waals surface area contributed by atoms with Crippen LogP contribution in [0.4, 0.5) is 0 Å². The third-order valence-corrected chi connectivity index (χ3v) is 4.95. The molecule has 1 aromatic heterocycles. The third-order valence-electron chi connectivity index (χ3n) is 4.95. The lowest BCUT2D eigenvalue weighted by Crippen LogP contribution is -2.23. The van der Waals surface area contributed by atoms with E-state index >= 15 is 0 Å². The molecule has 0 atom stereocenters. The summed E-state index contributed by atoms with van der Waals surface area (Å²) in [5.74, 6) is 0.305. The first kappa shape index (κ1) is 23.8. The molecule has 0 unspecified atom stereocenters. The van der Waals surface area contributed by atoms with Crippen molar-refractivity contribution in [3.8, 4) is 22.6 Å². The zero-order valence-corrected chi connectivity index (χ0v) is 19.2. The normalized spacial score (nSPS) is 10.7. The zero-order valence-electron chi connectivity index (χ0n) is 19.2. The number of hydrogen-bond acceptors (Lipinski definition) is 7. The van der Waals surface area contributed by atoms with Crippen molar-refractivity contribution in [1.29, 1.82) is 0 Å². The van der Waals surface area contributed by atoms with Gasteiger partial charge in [-0.15, -0.1) is 0 Å². The van der Waals surface area contributed by atoms with Gasteiger partial charge in [-0.2, -0.15) is 4.73 Å². The minimum absolute atomic E-state index is 0.000437. The van der Waals surface area contributed by atoms with Crippen LogP contribution in [0.1, 0.15) is 38.8 Å². The Balaban J connectivity index is 2.36. The van der Waals surface area contributed by atoms with Crippen LogP contribution in [0.15, 0.2) is 42.7 Å². The quantitative estimate of drug-likeness (QED) is 0.274. The second-order valence-corrected chi connectivity index (χ2v) is 7.28. The molecule has 0 fully saturated rings. The van der Waals surface area contributed by atoms with Gasteiger partial charge in [0, 0.05) is 31.5 Å². The maximum absolute atomic E-state index is 11.7. The standard InChI is InChI=1S/C25H27NO7/c1-5-30-23-12-19-11-20(14-32-16(3)27)22(15-33-17(4)28)25(18-7-9-26(29)10-8-18)21(19)13-24(23)31-6-2/h7-13H,5-6,14-15H2,1-4H3. The Kier molecular flexibility index (Phi) is 7.71. The highest BCUT2D eigenvalue weighted by Crippen LogP contribution is 2.41. The van der Waals surface area contributed by atoms with Crippen molar-refractivity contribution in [3.63, 3.8) is 0 Å². The van der Waals surface area contributed by atoms with Crippen LogP contribution >= 0.6 is 0 Å². The summed E-state index contributed by atoms with van der Waals surface area (Å²) >= 11 is 0. The van der Waals surface area contributed by atoms with Crippen molar-refractivity contribution in [2.45, 2.75) is 40.9 Å². The Bertz CT molecular complexity index is 1160. The summed E-state index contributed by atoms with van der Waals surface area (Å²) in [6, 6.07) is 9.01. The molecule has 0 bridgehead atoms. The van der Waals surface area contributed by atoms with Gasteiger partial charge in [-0.3, -0.25) is 9.59 Å². The van der Waals surface area contributed by atoms with Gasteiger partial charge in [-0.25, -0.2) is 0 Å². The number of rotatable bonds is 9. The van der Waals surface area contributed by atoms with E-state index in [0.29, 0.717) is 40.6 Å². The molecule has 8 nitrogen and oxygen atoms in total. The minimum atomic E-state index is -0.438. The molecule has 0 aliphatic carbocycles. The van der Waals surface area contributed by atoms with Gasteiger partial charge in [0.2, 0.25) is 0 Å². The van der Waals surface area contributed by atoms with Gasteiger partial charge in [-0.05, 0) is 59.5 Å². The molecule has 2 aromatic carbocycles. The number of pyridine rings is 1. The first-order chi connectivity index (χ1) is 15.8. The molecule has 0 spiro atoms. The van der Waals surface area contributed by atoms with Gasteiger partial charge in [0.15, 0.2) is 23.9 Å². The number of carbonyl (C=O) groups is 2. The van der Waals surface area contributed by atoms with Crippen LogP contribution in [0.25, 0.3) is 21.9 Å². The molecule has 0 N–H and O–H groups in total. The molecule has 0 radical (unpaired) electrons. The molecule has 3 aromatic rings. The highest BCUT2D eigenvalue weighted by molar-refractivity contribution is 6.01. The Morgan fingerprint density at radius 3 is 2.03 bits per heavy atom. The second-order valence-electron chi connectivity index (χ2n) is 7.28. The van der Waals surface area contributed by atoms with Crippen molar-refractivity contribution in [2.75, 3.05) is 13.2 Å². The van der Waals surface area contributed by atoms with Gasteiger partial charge in [0.05, 0.1) is 13.2 Å². The summed E-state index contributed by atoms with van der Waals surface area (Å²) in [6.45, 7) is 7.33. The molecule has 0 aliphatic heterocycles. The highest BCUT2D eigenvalue weighted by Gasteiger charge is 2.20. The third kappa shape index (κ3) is 5.71. The number of esters is 2. The Labute approximate surface area is 192 Å². The minimum Gasteiger partial charge on any atom is -0.619 e. The SMILES string of the molecule is CCOc1cc2cc(COC(C)=O)c(COC(C)=O)c(-c3cc[n+]([O-])cc3)c2cc1OCC. The van der Waals surface area contributed by atoms with E-state index in [0.717, 1.165) is 21.9 Å². The van der Waals surface area contributed by atoms with Crippen LogP contribution in [-0.2, 0) is 32.3 Å². The van der Waals surface area contributed by atoms with Gasteiger partial charge in [0.1, 0.15) is 13.2 Å². The van der Waals surface area contributed by atoms with E-state index in [1.807, 2.05) is 32.0 Å². The number of carbonyl (C=O) groups excluding carboxylic acids is 2. The van der Waals surface area contributed by atoms with Crippen molar-refractivity contribution in [1.82, 2.24) is 0 Å². The summed E-state index contributed by atoms with van der Waals surface area (Å²) in [5, 5.41) is 13.3. The number of hydrogen-bond donors (Lipinski definition) is 0. The highest BCUT2D eigenvalue weighted by atomic mass is 16.5. The molecule has 174 valence electrons. The van der Waals surface area contributed by atoms with Gasteiger partial charge >= 0.3 is 11.9 Å². The van der Waals surface area contributed by atoms with Crippen LogP contribution in [0.3, 0.4) is 0 Å². The maximum Gasteiger partial charge on any atom is 0.302 e. The summed E-state index contributed by atoms with van der Waals surface area (Å²) in [5.41, 5.74) is 2.85. The van der Waals surface area contributed by atoms with Gasteiger partial charge in [0.25, 0.3) is 0 Å². The smallest absolute Gasteiger partial charge is 0.302 e. The Morgan fingerprint density at radius 2 is 1.45 bits per heavy atom. The maximum atomic E-state index is 11.7. The predicted octanol–water partition coefficient (Wildman–Crippen LogP) is 4.06. The number of ether oxygens (including phenoxy) is 4. The molecular formula is C25H27NO7. The number of aromatic nitrogens is 1. The zero-order chi connectivity index (χ0) is 24.0. The fourth-order valence-corrected chi connectivity index (χ4v) is 3.60. The molecule has 8 heteroatoms. The monoisotopic (exact) mass is 453 g/mol. The number of nitrogens with zero attached hydrogens (tertiary/aromatic N) is 1. The molecular weight excluding hydrogens is 426 g/mol. The van der Waals surface area contributed by atoms with E-state index in [-0.39, 0.29) is 13.2 Å². The molecule has 0 amide bonds. The number of benzene rings is 2. The van der Waals surface area contributed by atoms with E-state index in [2.05, 4.69) is 0 Å². The van der Waals surface area contributed by atoms with Crippen molar-refractivity contribution >= 4 is 22.7 Å². The predicted molar refractivity (Wildman–Crippen MR) is 122 cm³/mol. The van der Waals surface area contributed by atoms with Crippen LogP contribution in [0.5, 0.6) is 11.5 Å². The van der Waals surface area contributed by atoms with Crippen LogP contribution < -0.4 is 14.2 Å². The van der Waals surface area contributed by atoms with Crippen molar-refractivity contribution in [3.05, 3.63) is 59.1 Å². The van der Waals surface area contributed by atoms with E-state index in [4.69, 9.17) is 18.9 Å². The summed E-state index contributed by atoms with van der Waals surface area (Å²) in [6.07, 6.45) is 2.79. The lowest BCUT2D eigenvalue weighted by molar-refractivity contribution is -0.605. The fourth-order valence-electron chi connectivity index (χ4n) is 3.60. The lowest BCUT2D eigenvalue weighted by Gasteiger charge is -2.20. The molecule has 0 saturated heterocycles. The number of fused-ring (bicyclic) bond motifs is 1. The summed E-state index contributed by atoms with van der Waals surface area (Å²) < 4.78 is 22.9.